The molecule has 1 aliphatic carbocycles. The van der Waals surface area contributed by atoms with Gasteiger partial charge in [0.1, 0.15) is 23.8 Å². The Bertz CT molecular complexity index is 1010. The van der Waals surface area contributed by atoms with E-state index in [9.17, 15) is 19.2 Å². The van der Waals surface area contributed by atoms with Crippen molar-refractivity contribution in [3.63, 3.8) is 0 Å². The van der Waals surface area contributed by atoms with Crippen LogP contribution in [0.4, 0.5) is 0 Å². The topological polar surface area (TPSA) is 114 Å². The molecule has 5 atom stereocenters. The molecule has 9 nitrogen and oxygen atoms in total. The van der Waals surface area contributed by atoms with Crippen LogP contribution < -0.4 is 20.1 Å². The number of methoxy groups -OCH3 is 2. The number of rotatable bonds is 9. The number of aldehydes is 1. The van der Waals surface area contributed by atoms with Crippen LogP contribution in [0.1, 0.15) is 37.7 Å². The number of benzene rings is 1. The van der Waals surface area contributed by atoms with Crippen LogP contribution in [-0.2, 0) is 19.2 Å². The Balaban J connectivity index is 1.48. The fraction of sp³-hybridized carbons (Fsp3) is 0.538. The summed E-state index contributed by atoms with van der Waals surface area (Å²) in [6.45, 7) is 1.10. The molecule has 1 saturated carbocycles. The summed E-state index contributed by atoms with van der Waals surface area (Å²) >= 11 is 0. The molecule has 0 unspecified atom stereocenters. The van der Waals surface area contributed by atoms with Gasteiger partial charge < -0.3 is 29.8 Å². The average molecular weight is 484 g/mol. The number of ether oxygens (including phenoxy) is 2. The first kappa shape index (κ1) is 24.8. The molecule has 3 aliphatic rings. The van der Waals surface area contributed by atoms with Crippen LogP contribution in [0.15, 0.2) is 24.3 Å². The van der Waals surface area contributed by atoms with E-state index in [0.29, 0.717) is 37.3 Å². The molecule has 0 aromatic heterocycles. The van der Waals surface area contributed by atoms with E-state index in [0.717, 1.165) is 24.8 Å². The number of nitrogens with one attached hydrogen (secondary N) is 2. The fourth-order valence-electron chi connectivity index (χ4n) is 5.67. The number of carbonyl (C=O) groups excluding carboxylic acids is 4. The van der Waals surface area contributed by atoms with E-state index in [-0.39, 0.29) is 41.9 Å². The number of carbonyl (C=O) groups is 4. The van der Waals surface area contributed by atoms with E-state index in [1.54, 1.807) is 43.4 Å². The number of nitrogens with zero attached hydrogens (tertiary/aromatic N) is 1. The lowest BCUT2D eigenvalue weighted by Crippen LogP contribution is -2.51. The van der Waals surface area contributed by atoms with E-state index in [1.807, 2.05) is 0 Å². The largest absolute Gasteiger partial charge is 0.497 e. The van der Waals surface area contributed by atoms with Crippen molar-refractivity contribution in [3.05, 3.63) is 29.8 Å². The normalized spacial score (nSPS) is 26.3. The summed E-state index contributed by atoms with van der Waals surface area (Å²) in [5.41, 5.74) is 0.720. The zero-order chi connectivity index (χ0) is 24.9. The van der Waals surface area contributed by atoms with Crippen molar-refractivity contribution in [1.29, 1.82) is 0 Å². The lowest BCUT2D eigenvalue weighted by Gasteiger charge is -2.27. The predicted molar refractivity (Wildman–Crippen MR) is 129 cm³/mol. The second-order valence-corrected chi connectivity index (χ2v) is 9.49. The molecule has 2 N–H and O–H groups in total. The van der Waals surface area contributed by atoms with Crippen molar-refractivity contribution < 1.29 is 28.7 Å². The molecule has 9 heteroatoms. The summed E-state index contributed by atoms with van der Waals surface area (Å²) in [6.07, 6.45) is 7.63. The molecule has 3 fully saturated rings. The molecule has 0 spiro atoms. The Morgan fingerprint density at radius 1 is 1.23 bits per heavy atom. The zero-order valence-corrected chi connectivity index (χ0v) is 20.2. The second-order valence-electron chi connectivity index (χ2n) is 9.49. The van der Waals surface area contributed by atoms with Gasteiger partial charge in [0.2, 0.25) is 17.7 Å². The maximum atomic E-state index is 13.4. The Labute approximate surface area is 205 Å². The molecule has 1 aromatic carbocycles. The summed E-state index contributed by atoms with van der Waals surface area (Å²) in [5, 5.41) is 5.58. The van der Waals surface area contributed by atoms with Gasteiger partial charge in [-0.2, -0.15) is 0 Å². The molecule has 2 aliphatic heterocycles. The van der Waals surface area contributed by atoms with Crippen LogP contribution in [0, 0.1) is 17.8 Å². The summed E-state index contributed by atoms with van der Waals surface area (Å²) in [7, 11) is 3.12. The Hall–Kier alpha value is -3.36. The van der Waals surface area contributed by atoms with Crippen molar-refractivity contribution in [1.82, 2.24) is 15.5 Å². The third kappa shape index (κ3) is 5.33. The minimum absolute atomic E-state index is 0.0740. The minimum Gasteiger partial charge on any atom is -0.497 e. The maximum absolute atomic E-state index is 13.4. The van der Waals surface area contributed by atoms with Gasteiger partial charge in [0.15, 0.2) is 0 Å². The van der Waals surface area contributed by atoms with Crippen LogP contribution >= 0.6 is 0 Å². The van der Waals surface area contributed by atoms with Crippen molar-refractivity contribution >= 4 is 30.1 Å². The Morgan fingerprint density at radius 2 is 2.06 bits per heavy atom. The third-order valence-electron chi connectivity index (χ3n) is 7.48. The Kier molecular flexibility index (Phi) is 7.73. The molecule has 2 saturated heterocycles. The van der Waals surface area contributed by atoms with E-state index in [1.165, 1.54) is 6.08 Å². The number of amides is 3. The van der Waals surface area contributed by atoms with Crippen LogP contribution in [0.2, 0.25) is 0 Å². The van der Waals surface area contributed by atoms with Crippen LogP contribution in [0.3, 0.4) is 0 Å². The van der Waals surface area contributed by atoms with E-state index in [4.69, 9.17) is 9.47 Å². The van der Waals surface area contributed by atoms with Crippen molar-refractivity contribution in [2.24, 2.45) is 17.8 Å². The first-order chi connectivity index (χ1) is 16.9. The van der Waals surface area contributed by atoms with E-state index < -0.39 is 12.1 Å². The van der Waals surface area contributed by atoms with Gasteiger partial charge in [-0.1, -0.05) is 6.42 Å². The number of fused-ring (bicyclic) bond motifs is 1. The molecule has 188 valence electrons. The number of hydrogen-bond acceptors (Lipinski definition) is 6. The molecule has 1 aromatic rings. The fourth-order valence-corrected chi connectivity index (χ4v) is 5.67. The van der Waals surface area contributed by atoms with Crippen molar-refractivity contribution in [2.45, 2.75) is 44.2 Å². The van der Waals surface area contributed by atoms with Crippen molar-refractivity contribution in [3.8, 4) is 11.5 Å². The summed E-state index contributed by atoms with van der Waals surface area (Å²) in [6, 6.07) is 3.95. The zero-order valence-electron chi connectivity index (χ0n) is 20.2. The number of hydrogen-bond donors (Lipinski definition) is 2. The highest BCUT2D eigenvalue weighted by Crippen LogP contribution is 2.42. The SMILES string of the molecule is COc1ccc(/C=C/C(=O)N2C[C@@H]3CCC[C@H]3[C@@H]2C(=O)N[C@H](C=O)C[C@@H]2CCNC2=O)c(OC)c1. The summed E-state index contributed by atoms with van der Waals surface area (Å²) in [5.74, 6) is 0.625. The minimum atomic E-state index is -0.757. The van der Waals surface area contributed by atoms with Gasteiger partial charge in [0, 0.05) is 36.7 Å². The molecule has 35 heavy (non-hydrogen) atoms. The standard InChI is InChI=1S/C26H33N3O6/c1-34-20-8-6-16(22(13-20)35-2)7-9-23(31)29-14-18-4-3-5-21(18)24(29)26(33)28-19(15-30)12-17-10-11-27-25(17)32/h6-9,13,15,17-19,21,24H,3-5,10-12,14H2,1-2H3,(H,27,32)(H,28,33)/b9-7+/t17-,18-,19-,21+,24+/m0/s1. The molecule has 2 heterocycles. The number of likely N-dealkylation sites (tertiary alicyclic amines) is 1. The first-order valence-electron chi connectivity index (χ1n) is 12.2. The Morgan fingerprint density at radius 3 is 2.74 bits per heavy atom. The molecule has 3 amide bonds. The second kappa shape index (κ2) is 10.9. The smallest absolute Gasteiger partial charge is 0.247 e. The highest BCUT2D eigenvalue weighted by atomic mass is 16.5. The van der Waals surface area contributed by atoms with Gasteiger partial charge in [-0.3, -0.25) is 14.4 Å². The van der Waals surface area contributed by atoms with Gasteiger partial charge in [0.05, 0.1) is 20.3 Å². The highest BCUT2D eigenvalue weighted by Gasteiger charge is 2.49. The van der Waals surface area contributed by atoms with Gasteiger partial charge >= 0.3 is 0 Å². The molecule has 0 radical (unpaired) electrons. The molecule has 0 bridgehead atoms. The average Bonchev–Trinajstić information content (AvgIpc) is 3.58. The van der Waals surface area contributed by atoms with Crippen LogP contribution in [0.5, 0.6) is 11.5 Å². The van der Waals surface area contributed by atoms with Gasteiger partial charge in [-0.25, -0.2) is 0 Å². The highest BCUT2D eigenvalue weighted by molar-refractivity contribution is 5.97. The maximum Gasteiger partial charge on any atom is 0.247 e. The molecule has 4 rings (SSSR count). The quantitative estimate of drug-likeness (QED) is 0.407. The van der Waals surface area contributed by atoms with Gasteiger partial charge in [0.25, 0.3) is 0 Å². The van der Waals surface area contributed by atoms with Crippen LogP contribution in [-0.4, -0.2) is 68.3 Å². The van der Waals surface area contributed by atoms with Crippen LogP contribution in [0.25, 0.3) is 6.08 Å². The van der Waals surface area contributed by atoms with Gasteiger partial charge in [-0.05, 0) is 55.7 Å². The first-order valence-corrected chi connectivity index (χ1v) is 12.2. The van der Waals surface area contributed by atoms with Gasteiger partial charge in [-0.15, -0.1) is 0 Å². The van der Waals surface area contributed by atoms with E-state index >= 15 is 0 Å². The predicted octanol–water partition coefficient (Wildman–Crippen LogP) is 1.55. The lowest BCUT2D eigenvalue weighted by atomic mass is 9.92. The van der Waals surface area contributed by atoms with E-state index in [2.05, 4.69) is 10.6 Å². The lowest BCUT2D eigenvalue weighted by molar-refractivity contribution is -0.137. The molecular formula is C26H33N3O6. The summed E-state index contributed by atoms with van der Waals surface area (Å²) in [4.78, 5) is 51.8. The summed E-state index contributed by atoms with van der Waals surface area (Å²) < 4.78 is 10.6. The molecular weight excluding hydrogens is 450 g/mol. The monoisotopic (exact) mass is 483 g/mol. The third-order valence-corrected chi connectivity index (χ3v) is 7.48. The van der Waals surface area contributed by atoms with Crippen molar-refractivity contribution in [2.75, 3.05) is 27.3 Å².